The normalized spacial score (nSPS) is 11.8. The summed E-state index contributed by atoms with van der Waals surface area (Å²) < 4.78 is 0. The SMILES string of the molecule is Cc1cc(C(C)(C)C)cc(-c2ccc3ccccc3c2)c1O. The van der Waals surface area contributed by atoms with Crippen molar-refractivity contribution in [3.05, 3.63) is 65.7 Å². The molecule has 0 saturated heterocycles. The molecule has 22 heavy (non-hydrogen) atoms. The lowest BCUT2D eigenvalue weighted by Crippen LogP contribution is -2.11. The lowest BCUT2D eigenvalue weighted by molar-refractivity contribution is 0.472. The topological polar surface area (TPSA) is 20.2 Å². The first-order valence-electron chi connectivity index (χ1n) is 7.69. The summed E-state index contributed by atoms with van der Waals surface area (Å²) in [6.45, 7) is 8.56. The molecule has 0 atom stereocenters. The van der Waals surface area contributed by atoms with Gasteiger partial charge in [0.05, 0.1) is 0 Å². The molecule has 0 aliphatic carbocycles. The zero-order chi connectivity index (χ0) is 15.9. The van der Waals surface area contributed by atoms with Gasteiger partial charge in [-0.25, -0.2) is 0 Å². The van der Waals surface area contributed by atoms with Crippen molar-refractivity contribution in [1.29, 1.82) is 0 Å². The lowest BCUT2D eigenvalue weighted by atomic mass is 9.84. The van der Waals surface area contributed by atoms with Crippen molar-refractivity contribution in [3.63, 3.8) is 0 Å². The minimum Gasteiger partial charge on any atom is -0.507 e. The molecule has 1 nitrogen and oxygen atoms in total. The highest BCUT2D eigenvalue weighted by Crippen LogP contribution is 2.37. The van der Waals surface area contributed by atoms with E-state index in [2.05, 4.69) is 63.2 Å². The fourth-order valence-corrected chi connectivity index (χ4v) is 2.79. The van der Waals surface area contributed by atoms with Gasteiger partial charge in [0.2, 0.25) is 0 Å². The predicted octanol–water partition coefficient (Wildman–Crippen LogP) is 5.82. The summed E-state index contributed by atoms with van der Waals surface area (Å²) in [7, 11) is 0. The predicted molar refractivity (Wildman–Crippen MR) is 94.5 cm³/mol. The van der Waals surface area contributed by atoms with Crippen LogP contribution in [0.5, 0.6) is 5.75 Å². The van der Waals surface area contributed by atoms with Crippen LogP contribution < -0.4 is 0 Å². The third kappa shape index (κ3) is 2.59. The van der Waals surface area contributed by atoms with Crippen molar-refractivity contribution in [2.75, 3.05) is 0 Å². The average molecular weight is 290 g/mol. The van der Waals surface area contributed by atoms with Gasteiger partial charge < -0.3 is 5.11 Å². The van der Waals surface area contributed by atoms with E-state index in [-0.39, 0.29) is 5.41 Å². The van der Waals surface area contributed by atoms with Crippen molar-refractivity contribution < 1.29 is 5.11 Å². The van der Waals surface area contributed by atoms with E-state index in [0.717, 1.165) is 16.7 Å². The molecule has 1 heteroatoms. The maximum Gasteiger partial charge on any atom is 0.126 e. The van der Waals surface area contributed by atoms with Gasteiger partial charge in [0.25, 0.3) is 0 Å². The molecule has 0 radical (unpaired) electrons. The number of phenols is 1. The maximum atomic E-state index is 10.5. The van der Waals surface area contributed by atoms with Crippen molar-refractivity contribution in [2.24, 2.45) is 0 Å². The van der Waals surface area contributed by atoms with Crippen molar-refractivity contribution >= 4 is 10.8 Å². The fourth-order valence-electron chi connectivity index (χ4n) is 2.79. The van der Waals surface area contributed by atoms with Crippen LogP contribution in [0.25, 0.3) is 21.9 Å². The Kier molecular flexibility index (Phi) is 3.44. The van der Waals surface area contributed by atoms with Crippen LogP contribution in [-0.4, -0.2) is 5.11 Å². The maximum absolute atomic E-state index is 10.5. The summed E-state index contributed by atoms with van der Waals surface area (Å²) in [5, 5.41) is 12.9. The number of benzene rings is 3. The zero-order valence-corrected chi connectivity index (χ0v) is 13.6. The second-order valence-electron chi connectivity index (χ2n) is 7.00. The number of fused-ring (bicyclic) bond motifs is 1. The van der Waals surface area contributed by atoms with Crippen LogP contribution in [0.4, 0.5) is 0 Å². The lowest BCUT2D eigenvalue weighted by Gasteiger charge is -2.22. The quantitative estimate of drug-likeness (QED) is 0.599. The van der Waals surface area contributed by atoms with Gasteiger partial charge in [0.1, 0.15) is 5.75 Å². The third-order valence-electron chi connectivity index (χ3n) is 4.23. The summed E-state index contributed by atoms with van der Waals surface area (Å²) >= 11 is 0. The van der Waals surface area contributed by atoms with Crippen LogP contribution in [0.15, 0.2) is 54.6 Å². The number of hydrogen-bond acceptors (Lipinski definition) is 1. The number of aromatic hydroxyl groups is 1. The molecule has 0 aromatic heterocycles. The molecule has 0 spiro atoms. The molecule has 0 aliphatic heterocycles. The van der Waals surface area contributed by atoms with Crippen LogP contribution in [0.3, 0.4) is 0 Å². The molecule has 0 bridgehead atoms. The van der Waals surface area contributed by atoms with E-state index < -0.39 is 0 Å². The minimum atomic E-state index is 0.0596. The molecule has 3 aromatic carbocycles. The Morgan fingerprint density at radius 2 is 1.50 bits per heavy atom. The number of aryl methyl sites for hydroxylation is 1. The number of rotatable bonds is 1. The monoisotopic (exact) mass is 290 g/mol. The summed E-state index contributed by atoms with van der Waals surface area (Å²) in [5.41, 5.74) is 4.20. The highest BCUT2D eigenvalue weighted by Gasteiger charge is 2.18. The van der Waals surface area contributed by atoms with Crippen LogP contribution in [-0.2, 0) is 5.41 Å². The average Bonchev–Trinajstić information content (AvgIpc) is 2.48. The second-order valence-corrected chi connectivity index (χ2v) is 7.00. The molecular weight excluding hydrogens is 268 g/mol. The largest absolute Gasteiger partial charge is 0.507 e. The molecule has 0 saturated carbocycles. The smallest absolute Gasteiger partial charge is 0.126 e. The molecule has 0 fully saturated rings. The zero-order valence-electron chi connectivity index (χ0n) is 13.6. The van der Waals surface area contributed by atoms with E-state index >= 15 is 0 Å². The highest BCUT2D eigenvalue weighted by atomic mass is 16.3. The van der Waals surface area contributed by atoms with Crippen LogP contribution in [0, 0.1) is 6.92 Å². The van der Waals surface area contributed by atoms with E-state index in [1.54, 1.807) is 0 Å². The van der Waals surface area contributed by atoms with E-state index in [1.165, 1.54) is 16.3 Å². The molecule has 0 heterocycles. The first-order valence-corrected chi connectivity index (χ1v) is 7.69. The van der Waals surface area contributed by atoms with Crippen molar-refractivity contribution in [3.8, 4) is 16.9 Å². The molecule has 112 valence electrons. The molecule has 3 aromatic rings. The highest BCUT2D eigenvalue weighted by molar-refractivity contribution is 5.88. The Balaban J connectivity index is 2.23. The fraction of sp³-hybridized carbons (Fsp3) is 0.238. The van der Waals surface area contributed by atoms with Crippen molar-refractivity contribution in [1.82, 2.24) is 0 Å². The minimum absolute atomic E-state index is 0.0596. The summed E-state index contributed by atoms with van der Waals surface area (Å²) in [5.74, 6) is 0.378. The molecule has 0 aliphatic rings. The Morgan fingerprint density at radius 1 is 0.818 bits per heavy atom. The molecule has 3 rings (SSSR count). The summed E-state index contributed by atoms with van der Waals surface area (Å²) in [6.07, 6.45) is 0. The van der Waals surface area contributed by atoms with Gasteiger partial charge in [-0.15, -0.1) is 0 Å². The van der Waals surface area contributed by atoms with Gasteiger partial charge in [0.15, 0.2) is 0 Å². The van der Waals surface area contributed by atoms with Gasteiger partial charge in [-0.3, -0.25) is 0 Å². The molecule has 0 unspecified atom stereocenters. The first kappa shape index (κ1) is 14.6. The summed E-state index contributed by atoms with van der Waals surface area (Å²) in [4.78, 5) is 0. The van der Waals surface area contributed by atoms with Gasteiger partial charge in [-0.1, -0.05) is 63.2 Å². The van der Waals surface area contributed by atoms with Gasteiger partial charge in [-0.05, 0) is 51.9 Å². The second kappa shape index (κ2) is 5.17. The molecule has 0 amide bonds. The van der Waals surface area contributed by atoms with Gasteiger partial charge in [-0.2, -0.15) is 0 Å². The Hall–Kier alpha value is -2.28. The summed E-state index contributed by atoms with van der Waals surface area (Å²) in [6, 6.07) is 18.9. The molecular formula is C21H22O. The van der Waals surface area contributed by atoms with Gasteiger partial charge >= 0.3 is 0 Å². The van der Waals surface area contributed by atoms with Crippen molar-refractivity contribution in [2.45, 2.75) is 33.1 Å². The standard InChI is InChI=1S/C21H22O/c1-14-11-18(21(2,3)4)13-19(20(14)22)17-10-9-15-7-5-6-8-16(15)12-17/h5-13,22H,1-4H3. The molecule has 1 N–H and O–H groups in total. The van der Waals surface area contributed by atoms with Gasteiger partial charge in [0, 0.05) is 5.56 Å². The van der Waals surface area contributed by atoms with E-state index in [4.69, 9.17) is 0 Å². The van der Waals surface area contributed by atoms with E-state index in [9.17, 15) is 5.11 Å². The van der Waals surface area contributed by atoms with Crippen LogP contribution in [0.2, 0.25) is 0 Å². The number of phenolic OH excluding ortho intramolecular Hbond substituents is 1. The van der Waals surface area contributed by atoms with Crippen LogP contribution in [0.1, 0.15) is 31.9 Å². The third-order valence-corrected chi connectivity index (χ3v) is 4.23. The van der Waals surface area contributed by atoms with Crippen LogP contribution >= 0.6 is 0 Å². The number of hydrogen-bond donors (Lipinski definition) is 1. The Bertz CT molecular complexity index is 838. The first-order chi connectivity index (χ1) is 10.4. The van der Waals surface area contributed by atoms with E-state index in [1.807, 2.05) is 19.1 Å². The Labute approximate surface area is 132 Å². The Morgan fingerprint density at radius 3 is 2.18 bits per heavy atom. The van der Waals surface area contributed by atoms with E-state index in [0.29, 0.717) is 5.75 Å².